The number of rotatable bonds is 6. The fourth-order valence-corrected chi connectivity index (χ4v) is 3.82. The maximum atomic E-state index is 12.6. The van der Waals surface area contributed by atoms with Crippen LogP contribution in [0.5, 0.6) is 11.5 Å². The monoisotopic (exact) mass is 339 g/mol. The average Bonchev–Trinajstić information content (AvgIpc) is 2.85. The van der Waals surface area contributed by atoms with Crippen LogP contribution in [0.25, 0.3) is 0 Å². The van der Waals surface area contributed by atoms with Gasteiger partial charge in [0.15, 0.2) is 0 Å². The maximum absolute atomic E-state index is 12.6. The van der Waals surface area contributed by atoms with Crippen LogP contribution in [-0.2, 0) is 17.1 Å². The standard InChI is InChI=1S/C15H21N3O4S/c1-10(13-8-12(21-4)6-7-14(13)22-5)17-23(19,20)15-9-18(3)16-11(15)2/h6-10,17H,1-5H3/t10-/m1/s1. The molecule has 0 amide bonds. The zero-order chi connectivity index (χ0) is 17.2. The summed E-state index contributed by atoms with van der Waals surface area (Å²) in [4.78, 5) is 0.161. The van der Waals surface area contributed by atoms with Crippen LogP contribution in [0.3, 0.4) is 0 Å². The van der Waals surface area contributed by atoms with Crippen molar-refractivity contribution in [3.63, 3.8) is 0 Å². The van der Waals surface area contributed by atoms with E-state index in [-0.39, 0.29) is 4.90 Å². The molecule has 0 radical (unpaired) electrons. The predicted molar refractivity (Wildman–Crippen MR) is 86.2 cm³/mol. The predicted octanol–water partition coefficient (Wildman–Crippen LogP) is 1.79. The molecule has 0 aliphatic heterocycles. The van der Waals surface area contributed by atoms with Crippen molar-refractivity contribution in [2.45, 2.75) is 24.8 Å². The van der Waals surface area contributed by atoms with Gasteiger partial charge in [-0.25, -0.2) is 13.1 Å². The van der Waals surface area contributed by atoms with Gasteiger partial charge in [0.25, 0.3) is 0 Å². The Morgan fingerprint density at radius 1 is 1.26 bits per heavy atom. The largest absolute Gasteiger partial charge is 0.497 e. The molecule has 0 saturated carbocycles. The first-order valence-corrected chi connectivity index (χ1v) is 8.51. The molecule has 7 nitrogen and oxygen atoms in total. The lowest BCUT2D eigenvalue weighted by atomic mass is 10.1. The van der Waals surface area contributed by atoms with Gasteiger partial charge in [-0.1, -0.05) is 0 Å². The number of methoxy groups -OCH3 is 2. The molecule has 1 aromatic carbocycles. The molecule has 0 bridgehead atoms. The van der Waals surface area contributed by atoms with Crippen molar-refractivity contribution in [2.75, 3.05) is 14.2 Å². The second-order valence-electron chi connectivity index (χ2n) is 5.20. The third-order valence-corrected chi connectivity index (χ3v) is 5.14. The first kappa shape index (κ1) is 17.3. The normalized spacial score (nSPS) is 12.9. The van der Waals surface area contributed by atoms with Gasteiger partial charge in [-0.2, -0.15) is 5.10 Å². The van der Waals surface area contributed by atoms with Crippen LogP contribution >= 0.6 is 0 Å². The third kappa shape index (κ3) is 3.65. The molecule has 1 N–H and O–H groups in total. The maximum Gasteiger partial charge on any atom is 0.244 e. The van der Waals surface area contributed by atoms with Crippen LogP contribution in [0.2, 0.25) is 0 Å². The Bertz CT molecular complexity index is 799. The van der Waals surface area contributed by atoms with Crippen molar-refractivity contribution in [1.82, 2.24) is 14.5 Å². The van der Waals surface area contributed by atoms with E-state index < -0.39 is 16.1 Å². The van der Waals surface area contributed by atoms with E-state index in [4.69, 9.17) is 9.47 Å². The van der Waals surface area contributed by atoms with E-state index in [0.717, 1.165) is 0 Å². The Hall–Kier alpha value is -2.06. The van der Waals surface area contributed by atoms with Gasteiger partial charge in [0, 0.05) is 24.8 Å². The Labute approximate surface area is 136 Å². The average molecular weight is 339 g/mol. The van der Waals surface area contributed by atoms with Gasteiger partial charge in [-0.3, -0.25) is 4.68 Å². The molecule has 0 aliphatic carbocycles. The number of sulfonamides is 1. The van der Waals surface area contributed by atoms with E-state index in [9.17, 15) is 8.42 Å². The molecule has 1 atom stereocenters. The van der Waals surface area contributed by atoms with Crippen LogP contribution in [0.15, 0.2) is 29.3 Å². The molecule has 2 aromatic rings. The number of benzene rings is 1. The third-order valence-electron chi connectivity index (χ3n) is 3.49. The summed E-state index contributed by atoms with van der Waals surface area (Å²) in [6.07, 6.45) is 1.48. The van der Waals surface area contributed by atoms with Crippen LogP contribution < -0.4 is 14.2 Å². The van der Waals surface area contributed by atoms with Gasteiger partial charge in [0.2, 0.25) is 10.0 Å². The summed E-state index contributed by atoms with van der Waals surface area (Å²) in [6, 6.07) is 4.76. The van der Waals surface area contributed by atoms with Crippen LogP contribution in [-0.4, -0.2) is 32.4 Å². The molecule has 0 saturated heterocycles. The summed E-state index contributed by atoms with van der Waals surface area (Å²) in [5.41, 5.74) is 1.14. The second kappa shape index (κ2) is 6.59. The highest BCUT2D eigenvalue weighted by Gasteiger charge is 2.24. The van der Waals surface area contributed by atoms with Gasteiger partial charge in [0.05, 0.1) is 19.9 Å². The molecule has 2 rings (SSSR count). The Balaban J connectivity index is 2.34. The number of aryl methyl sites for hydroxylation is 2. The lowest BCUT2D eigenvalue weighted by molar-refractivity contribution is 0.395. The van der Waals surface area contributed by atoms with E-state index >= 15 is 0 Å². The van der Waals surface area contributed by atoms with Crippen molar-refractivity contribution < 1.29 is 17.9 Å². The SMILES string of the molecule is COc1ccc(OC)c([C@@H](C)NS(=O)(=O)c2cn(C)nc2C)c1. The van der Waals surface area contributed by atoms with Crippen molar-refractivity contribution >= 4 is 10.0 Å². The van der Waals surface area contributed by atoms with E-state index in [1.165, 1.54) is 18.0 Å². The molecular weight excluding hydrogens is 318 g/mol. The minimum atomic E-state index is -3.69. The fourth-order valence-electron chi connectivity index (χ4n) is 2.38. The summed E-state index contributed by atoms with van der Waals surface area (Å²) in [7, 11) is 1.08. The van der Waals surface area contributed by atoms with E-state index in [0.29, 0.717) is 22.8 Å². The van der Waals surface area contributed by atoms with Gasteiger partial charge in [-0.05, 0) is 32.0 Å². The Morgan fingerprint density at radius 3 is 2.48 bits per heavy atom. The number of hydrogen-bond acceptors (Lipinski definition) is 5. The second-order valence-corrected chi connectivity index (χ2v) is 6.89. The molecule has 0 unspecified atom stereocenters. The number of nitrogens with one attached hydrogen (secondary N) is 1. The van der Waals surface area contributed by atoms with E-state index in [1.54, 1.807) is 46.2 Å². The molecule has 8 heteroatoms. The summed E-state index contributed by atoms with van der Waals surface area (Å²) in [5, 5.41) is 4.07. The molecule has 1 heterocycles. The zero-order valence-electron chi connectivity index (χ0n) is 13.8. The minimum absolute atomic E-state index is 0.161. The topological polar surface area (TPSA) is 82.5 Å². The van der Waals surface area contributed by atoms with E-state index in [1.807, 2.05) is 0 Å². The number of aromatic nitrogens is 2. The highest BCUT2D eigenvalue weighted by atomic mass is 32.2. The molecular formula is C15H21N3O4S. The molecule has 0 fully saturated rings. The van der Waals surface area contributed by atoms with Crippen LogP contribution in [0.4, 0.5) is 0 Å². The number of ether oxygens (including phenoxy) is 2. The molecule has 0 aliphatic rings. The summed E-state index contributed by atoms with van der Waals surface area (Å²) >= 11 is 0. The minimum Gasteiger partial charge on any atom is -0.497 e. The molecule has 0 spiro atoms. The summed E-state index contributed by atoms with van der Waals surface area (Å²) < 4.78 is 39.8. The zero-order valence-corrected chi connectivity index (χ0v) is 14.6. The molecule has 1 aromatic heterocycles. The van der Waals surface area contributed by atoms with Crippen molar-refractivity contribution in [1.29, 1.82) is 0 Å². The first-order chi connectivity index (χ1) is 10.8. The van der Waals surface area contributed by atoms with Gasteiger partial charge >= 0.3 is 0 Å². The molecule has 23 heavy (non-hydrogen) atoms. The van der Waals surface area contributed by atoms with Crippen molar-refractivity contribution in [3.05, 3.63) is 35.7 Å². The highest BCUT2D eigenvalue weighted by Crippen LogP contribution is 2.30. The summed E-state index contributed by atoms with van der Waals surface area (Å²) in [5.74, 6) is 1.22. The van der Waals surface area contributed by atoms with Gasteiger partial charge < -0.3 is 9.47 Å². The fraction of sp³-hybridized carbons (Fsp3) is 0.400. The molecule has 126 valence electrons. The Kier molecular flexibility index (Phi) is 4.96. The van der Waals surface area contributed by atoms with E-state index in [2.05, 4.69) is 9.82 Å². The number of nitrogens with zero attached hydrogens (tertiary/aromatic N) is 2. The lowest BCUT2D eigenvalue weighted by Crippen LogP contribution is -2.27. The lowest BCUT2D eigenvalue weighted by Gasteiger charge is -2.18. The quantitative estimate of drug-likeness (QED) is 0.867. The first-order valence-electron chi connectivity index (χ1n) is 7.03. The highest BCUT2D eigenvalue weighted by molar-refractivity contribution is 7.89. The van der Waals surface area contributed by atoms with Crippen LogP contribution in [0.1, 0.15) is 24.2 Å². The summed E-state index contributed by atoms with van der Waals surface area (Å²) in [6.45, 7) is 3.41. The Morgan fingerprint density at radius 2 is 1.96 bits per heavy atom. The van der Waals surface area contributed by atoms with Crippen LogP contribution in [0, 0.1) is 6.92 Å². The smallest absolute Gasteiger partial charge is 0.244 e. The number of hydrogen-bond donors (Lipinski definition) is 1. The van der Waals surface area contributed by atoms with Gasteiger partial charge in [0.1, 0.15) is 16.4 Å². The van der Waals surface area contributed by atoms with Crippen molar-refractivity contribution in [3.8, 4) is 11.5 Å². The van der Waals surface area contributed by atoms with Crippen molar-refractivity contribution in [2.24, 2.45) is 7.05 Å². The van der Waals surface area contributed by atoms with Gasteiger partial charge in [-0.15, -0.1) is 0 Å².